The number of phenols is 34. The molecule has 34 nitrogen and oxygen atoms in total. The zero-order valence-electron chi connectivity index (χ0n) is 41.2. The van der Waals surface area contributed by atoms with Gasteiger partial charge < -0.3 is 174 Å². The summed E-state index contributed by atoms with van der Waals surface area (Å²) in [5.41, 5.74) is -17.4. The van der Waals surface area contributed by atoms with Crippen LogP contribution in [0.5, 0.6) is 195 Å². The van der Waals surface area contributed by atoms with Crippen LogP contribution in [-0.4, -0.2) is 174 Å². The monoisotopic (exact) mass is 1200 g/mol. The van der Waals surface area contributed by atoms with Crippen molar-refractivity contribution >= 4 is 43.1 Å². The fourth-order valence-electron chi connectivity index (χ4n) is 10.4. The first kappa shape index (κ1) is 55.7. The molecule has 0 bridgehead atoms. The summed E-state index contributed by atoms with van der Waals surface area (Å²) in [6, 6.07) is 0. The summed E-state index contributed by atoms with van der Waals surface area (Å²) in [7, 11) is 0. The number of rotatable bonds is 5. The van der Waals surface area contributed by atoms with Crippen LogP contribution in [0.25, 0.3) is 98.7 Å². The van der Waals surface area contributed by atoms with Crippen molar-refractivity contribution in [3.63, 3.8) is 0 Å². The Morgan fingerprint density at radius 1 is 0.0698 bits per heavy atom. The molecular weight excluding hydrogens is 1170 g/mol. The lowest BCUT2D eigenvalue weighted by Crippen LogP contribution is -1.98. The van der Waals surface area contributed by atoms with Crippen LogP contribution in [0, 0.1) is 0 Å². The van der Waals surface area contributed by atoms with E-state index in [2.05, 4.69) is 0 Å². The summed E-state index contributed by atoms with van der Waals surface area (Å²) in [5.74, 6) is -63.6. The second kappa shape index (κ2) is 17.5. The van der Waals surface area contributed by atoms with Crippen molar-refractivity contribution in [1.82, 2.24) is 0 Å². The van der Waals surface area contributed by atoms with Gasteiger partial charge in [-0.25, -0.2) is 0 Å². The Morgan fingerprint density at radius 3 is 0.453 bits per heavy atom. The number of fused-ring (bicyclic) bond motifs is 4. The van der Waals surface area contributed by atoms with Crippen LogP contribution in [0.15, 0.2) is 0 Å². The Hall–Kier alpha value is -13.6. The van der Waals surface area contributed by atoms with Gasteiger partial charge in [-0.2, -0.15) is 0 Å². The Labute approximate surface area is 466 Å². The van der Waals surface area contributed by atoms with Crippen LogP contribution in [0.3, 0.4) is 0 Å². The molecule has 0 aliphatic heterocycles. The second-order valence-electron chi connectivity index (χ2n) is 18.6. The molecule has 0 fully saturated rings. The number of hydrogen-bond donors (Lipinski definition) is 34. The molecule has 0 atom stereocenters. The van der Waals surface area contributed by atoms with E-state index in [1.54, 1.807) is 0 Å². The number of phenolic OH excluding ortho intramolecular Hbond substituents is 34. The molecule has 446 valence electrons. The molecule has 34 N–H and O–H groups in total. The van der Waals surface area contributed by atoms with Gasteiger partial charge >= 0.3 is 0 Å². The van der Waals surface area contributed by atoms with E-state index >= 15 is 0 Å². The lowest BCUT2D eigenvalue weighted by molar-refractivity contribution is 0.329. The third-order valence-corrected chi connectivity index (χ3v) is 14.4. The average Bonchev–Trinajstić information content (AvgIpc) is 0.707. The lowest BCUT2D eigenvalue weighted by Gasteiger charge is -2.26. The van der Waals surface area contributed by atoms with Gasteiger partial charge in [0, 0.05) is 32.7 Å². The first-order valence-corrected chi connectivity index (χ1v) is 22.9. The van der Waals surface area contributed by atoms with Crippen LogP contribution in [-0.2, 0) is 0 Å². The van der Waals surface area contributed by atoms with E-state index in [0.29, 0.717) is 0 Å². The molecule has 0 aliphatic rings. The van der Waals surface area contributed by atoms with Gasteiger partial charge in [0.15, 0.2) is 115 Å². The highest BCUT2D eigenvalue weighted by Crippen LogP contribution is 2.72. The molecule has 0 spiro atoms. The number of aromatic hydroxyl groups is 34. The summed E-state index contributed by atoms with van der Waals surface area (Å²) >= 11 is 0. The van der Waals surface area contributed by atoms with Gasteiger partial charge in [-0.1, -0.05) is 0 Å². The fourth-order valence-corrected chi connectivity index (χ4v) is 10.4. The molecule has 0 unspecified atom stereocenters. The van der Waals surface area contributed by atoms with E-state index < -0.39 is 294 Å². The molecule has 10 aromatic carbocycles. The van der Waals surface area contributed by atoms with Gasteiger partial charge in [-0.15, -0.1) is 0 Å². The second-order valence-corrected chi connectivity index (χ2v) is 18.6. The molecule has 0 heterocycles. The standard InChI is InChI=1S/C52H34O34/c53-19-3-1(8-21(55)11(36(70)43(77)35(8)69)14-29(63)33(67)17(34(68)30(14)64)18-41(75)50(84)52(86)51(85)42(18)76)5-6(25(59)45(79)44(78)24(5)58)2(7-20(54)12-15(31(65)26(7)60)39(73)48(82)46(80)37(12)71)4(3)23(57)27(61)9(19)10-22(56)13-16(32(66)28(10)62)40(74)49(83)47(81)38(13)72/h53-86H. The van der Waals surface area contributed by atoms with E-state index in [9.17, 15) is 174 Å². The van der Waals surface area contributed by atoms with Crippen molar-refractivity contribution in [2.75, 3.05) is 0 Å². The SMILES string of the molecule is Oc1c(O)c(O)c(-c2c(O)c(O)c(-c3c(O)c(O)c(O)c(-c4c5c(O)c(O)c(O)c(O)c5c(-c5c(O)c(O)c6c(O)c(O)c(O)c(O)c6c5O)c5c(O)c(O)c(-c6c(O)c(O)c7c(O)c(O)c(O)c(O)c7c6O)c(O)c45)c3O)c(O)c2O)c(O)c1O. The Kier molecular flexibility index (Phi) is 11.3. The van der Waals surface area contributed by atoms with Gasteiger partial charge in [0.05, 0.1) is 66.1 Å². The maximum Gasteiger partial charge on any atom is 0.208 e. The third-order valence-electron chi connectivity index (χ3n) is 14.4. The molecule has 0 amide bonds. The summed E-state index contributed by atoms with van der Waals surface area (Å²) in [6.45, 7) is 0. The van der Waals surface area contributed by atoms with Gasteiger partial charge in [0.1, 0.15) is 23.0 Å². The predicted molar refractivity (Wildman–Crippen MR) is 280 cm³/mol. The smallest absolute Gasteiger partial charge is 0.208 e. The van der Waals surface area contributed by atoms with Crippen molar-refractivity contribution in [2.45, 2.75) is 0 Å². The zero-order valence-corrected chi connectivity index (χ0v) is 41.2. The highest BCUT2D eigenvalue weighted by atomic mass is 16.4. The van der Waals surface area contributed by atoms with Crippen LogP contribution in [0.1, 0.15) is 0 Å². The minimum atomic E-state index is -2.13. The van der Waals surface area contributed by atoms with E-state index in [1.807, 2.05) is 0 Å². The van der Waals surface area contributed by atoms with Crippen LogP contribution < -0.4 is 0 Å². The molecule has 10 aromatic rings. The van der Waals surface area contributed by atoms with Gasteiger partial charge in [-0.05, 0) is 0 Å². The van der Waals surface area contributed by atoms with E-state index in [0.717, 1.165) is 0 Å². The lowest BCUT2D eigenvalue weighted by atomic mass is 9.80. The highest BCUT2D eigenvalue weighted by Gasteiger charge is 2.43. The Balaban J connectivity index is 1.52. The summed E-state index contributed by atoms with van der Waals surface area (Å²) in [6.07, 6.45) is 0. The van der Waals surface area contributed by atoms with Crippen molar-refractivity contribution in [3.8, 4) is 251 Å². The van der Waals surface area contributed by atoms with Gasteiger partial charge in [-0.3, -0.25) is 0 Å². The molecule has 86 heavy (non-hydrogen) atoms. The van der Waals surface area contributed by atoms with Crippen LogP contribution in [0.2, 0.25) is 0 Å². The summed E-state index contributed by atoms with van der Waals surface area (Å²) in [5, 5.41) is 372. The molecule has 0 aromatic heterocycles. The molecule has 10 rings (SSSR count). The predicted octanol–water partition coefficient (Wildman–Crippen LogP) is 4.62. The van der Waals surface area contributed by atoms with Gasteiger partial charge in [0.2, 0.25) is 57.5 Å². The minimum absolute atomic E-state index is 1.35. The molecule has 0 radical (unpaired) electrons. The van der Waals surface area contributed by atoms with E-state index in [1.165, 1.54) is 0 Å². The first-order valence-electron chi connectivity index (χ1n) is 22.9. The zero-order chi connectivity index (χ0) is 64.0. The third kappa shape index (κ3) is 6.40. The maximum absolute atomic E-state index is 12.9. The molecule has 0 saturated carbocycles. The largest absolute Gasteiger partial charge is 0.506 e. The molecule has 0 saturated heterocycles. The van der Waals surface area contributed by atoms with Gasteiger partial charge in [0.25, 0.3) is 0 Å². The Morgan fingerprint density at radius 2 is 0.174 bits per heavy atom. The first-order chi connectivity index (χ1) is 40.0. The molecule has 34 heteroatoms. The van der Waals surface area contributed by atoms with Crippen molar-refractivity contribution in [3.05, 3.63) is 0 Å². The summed E-state index contributed by atoms with van der Waals surface area (Å²) < 4.78 is 0. The minimum Gasteiger partial charge on any atom is -0.506 e. The van der Waals surface area contributed by atoms with Crippen LogP contribution >= 0.6 is 0 Å². The normalized spacial score (nSPS) is 11.7. The maximum atomic E-state index is 12.9. The van der Waals surface area contributed by atoms with Crippen molar-refractivity contribution in [1.29, 1.82) is 0 Å². The van der Waals surface area contributed by atoms with E-state index in [-0.39, 0.29) is 0 Å². The average molecular weight is 1200 g/mol. The van der Waals surface area contributed by atoms with Crippen LogP contribution in [0.4, 0.5) is 0 Å². The quantitative estimate of drug-likeness (QED) is 0.0634. The molecular formula is C52H34O34. The summed E-state index contributed by atoms with van der Waals surface area (Å²) in [4.78, 5) is 0. The van der Waals surface area contributed by atoms with Crippen molar-refractivity contribution < 1.29 is 174 Å². The number of benzene rings is 10. The fraction of sp³-hybridized carbons (Fsp3) is 0. The molecule has 0 aliphatic carbocycles. The highest BCUT2D eigenvalue weighted by molar-refractivity contribution is 6.32. The van der Waals surface area contributed by atoms with E-state index in [4.69, 9.17) is 0 Å². The Bertz CT molecular complexity index is 4850. The topological polar surface area (TPSA) is 688 Å². The number of hydrogen-bond acceptors (Lipinski definition) is 34. The van der Waals surface area contributed by atoms with Crippen molar-refractivity contribution in [2.24, 2.45) is 0 Å².